The predicted molar refractivity (Wildman–Crippen MR) is 100 cm³/mol. The number of carbonyl (C=O) groups excluding carboxylic acids is 1. The van der Waals surface area contributed by atoms with E-state index in [9.17, 15) is 13.2 Å². The second-order valence-electron chi connectivity index (χ2n) is 6.94. The molecule has 4 heterocycles. The molecular formula is C16H21N5O3S2. The molecule has 26 heavy (non-hydrogen) atoms. The van der Waals surface area contributed by atoms with E-state index in [1.165, 1.54) is 0 Å². The first-order valence-corrected chi connectivity index (χ1v) is 11.4. The van der Waals surface area contributed by atoms with Gasteiger partial charge in [0.05, 0.1) is 34.2 Å². The van der Waals surface area contributed by atoms with Crippen LogP contribution in [0.5, 0.6) is 0 Å². The lowest BCUT2D eigenvalue weighted by Gasteiger charge is -2.17. The Balaban J connectivity index is 1.79. The van der Waals surface area contributed by atoms with E-state index in [2.05, 4.69) is 20.6 Å². The van der Waals surface area contributed by atoms with E-state index in [0.29, 0.717) is 18.0 Å². The summed E-state index contributed by atoms with van der Waals surface area (Å²) in [4.78, 5) is 12.0. The number of aromatic nitrogens is 4. The van der Waals surface area contributed by atoms with Gasteiger partial charge in [0, 0.05) is 22.5 Å². The van der Waals surface area contributed by atoms with Crippen molar-refractivity contribution in [1.29, 1.82) is 0 Å². The Labute approximate surface area is 156 Å². The van der Waals surface area contributed by atoms with Crippen LogP contribution in [0.1, 0.15) is 45.9 Å². The van der Waals surface area contributed by atoms with Gasteiger partial charge in [-0.15, -0.1) is 11.8 Å². The number of anilines is 1. The van der Waals surface area contributed by atoms with Crippen LogP contribution < -0.4 is 5.32 Å². The number of rotatable bonds is 2. The summed E-state index contributed by atoms with van der Waals surface area (Å²) in [5, 5.41) is 14.6. The molecule has 2 atom stereocenters. The van der Waals surface area contributed by atoms with Crippen LogP contribution in [0.25, 0.3) is 0 Å². The quantitative estimate of drug-likeness (QED) is 0.800. The van der Waals surface area contributed by atoms with Crippen molar-refractivity contribution >= 4 is 33.3 Å². The van der Waals surface area contributed by atoms with E-state index >= 15 is 0 Å². The van der Waals surface area contributed by atoms with Crippen LogP contribution in [0.2, 0.25) is 0 Å². The van der Waals surface area contributed by atoms with Crippen molar-refractivity contribution in [2.24, 2.45) is 0 Å². The molecule has 140 valence electrons. The third-order valence-electron chi connectivity index (χ3n) is 5.09. The number of thioether (sulfide) groups is 1. The maximum Gasteiger partial charge on any atom is 0.235 e. The number of nitrogens with one attached hydrogen (secondary N) is 2. The fraction of sp³-hybridized carbons (Fsp3) is 0.562. The van der Waals surface area contributed by atoms with Crippen LogP contribution in [0.15, 0.2) is 0 Å². The standard InChI is InChI=1S/C16H21N5O3S2/c1-8-14-15(25-6-12(22)17-16(14)19-18-8)13-9(2)20-21(10(13)3)11-4-5-26(23,24)7-11/h11,15H,4-7H2,1-3H3,(H2,17,18,19,22). The molecule has 0 spiro atoms. The highest BCUT2D eigenvalue weighted by atomic mass is 32.2. The SMILES string of the molecule is Cc1nn(C2CCS(=O)(=O)C2)c(C)c1C1SCC(=O)Nc2n[nH]c(C)c21. The Morgan fingerprint density at radius 2 is 2.00 bits per heavy atom. The van der Waals surface area contributed by atoms with Crippen LogP contribution in [-0.4, -0.2) is 51.6 Å². The van der Waals surface area contributed by atoms with Gasteiger partial charge in [-0.1, -0.05) is 0 Å². The van der Waals surface area contributed by atoms with Gasteiger partial charge in [-0.25, -0.2) is 8.42 Å². The molecule has 0 aliphatic carbocycles. The number of nitrogens with zero attached hydrogens (tertiary/aromatic N) is 3. The van der Waals surface area contributed by atoms with Gasteiger partial charge in [0.15, 0.2) is 15.7 Å². The normalized spacial score (nSPS) is 25.0. The third-order valence-corrected chi connectivity index (χ3v) is 8.08. The van der Waals surface area contributed by atoms with Crippen LogP contribution in [-0.2, 0) is 14.6 Å². The summed E-state index contributed by atoms with van der Waals surface area (Å²) in [5.74, 6) is 1.18. The average molecular weight is 396 g/mol. The smallest absolute Gasteiger partial charge is 0.235 e. The van der Waals surface area contributed by atoms with Gasteiger partial charge in [-0.2, -0.15) is 10.2 Å². The largest absolute Gasteiger partial charge is 0.308 e. The van der Waals surface area contributed by atoms with E-state index in [1.807, 2.05) is 25.5 Å². The molecule has 8 nitrogen and oxygen atoms in total. The number of aromatic amines is 1. The molecule has 4 rings (SSSR count). The van der Waals surface area contributed by atoms with Gasteiger partial charge in [0.25, 0.3) is 0 Å². The maximum atomic E-state index is 12.0. The molecule has 1 fully saturated rings. The van der Waals surface area contributed by atoms with Crippen molar-refractivity contribution in [3.8, 4) is 0 Å². The molecule has 2 aliphatic rings. The molecule has 1 amide bonds. The molecule has 2 aliphatic heterocycles. The highest BCUT2D eigenvalue weighted by molar-refractivity contribution is 8.00. The van der Waals surface area contributed by atoms with E-state index in [-0.39, 0.29) is 28.7 Å². The monoisotopic (exact) mass is 395 g/mol. The molecule has 0 radical (unpaired) electrons. The zero-order valence-corrected chi connectivity index (χ0v) is 16.5. The summed E-state index contributed by atoms with van der Waals surface area (Å²) in [6, 6.07) is -0.118. The number of H-pyrrole nitrogens is 1. The maximum absolute atomic E-state index is 12.0. The van der Waals surface area contributed by atoms with Gasteiger partial charge in [-0.05, 0) is 27.2 Å². The lowest BCUT2D eigenvalue weighted by molar-refractivity contribution is -0.113. The lowest BCUT2D eigenvalue weighted by Crippen LogP contribution is -2.14. The molecule has 0 saturated carbocycles. The molecule has 1 saturated heterocycles. The van der Waals surface area contributed by atoms with Crippen molar-refractivity contribution < 1.29 is 13.2 Å². The summed E-state index contributed by atoms with van der Waals surface area (Å²) in [6.45, 7) is 5.86. The number of sulfone groups is 1. The summed E-state index contributed by atoms with van der Waals surface area (Å²) in [6.07, 6.45) is 0.595. The van der Waals surface area contributed by atoms with E-state index in [4.69, 9.17) is 0 Å². The van der Waals surface area contributed by atoms with Crippen molar-refractivity contribution in [1.82, 2.24) is 20.0 Å². The average Bonchev–Trinajstić information content (AvgIpc) is 3.15. The Morgan fingerprint density at radius 1 is 1.23 bits per heavy atom. The zero-order valence-electron chi connectivity index (χ0n) is 14.9. The molecular weight excluding hydrogens is 374 g/mol. The van der Waals surface area contributed by atoms with Gasteiger partial charge >= 0.3 is 0 Å². The Hall–Kier alpha value is -1.81. The fourth-order valence-corrected chi connectivity index (χ4v) is 6.92. The molecule has 0 bridgehead atoms. The molecule has 0 aromatic carbocycles. The number of carbonyl (C=O) groups is 1. The summed E-state index contributed by atoms with van der Waals surface area (Å²) < 4.78 is 25.6. The topological polar surface area (TPSA) is 110 Å². The zero-order chi connectivity index (χ0) is 18.6. The Morgan fingerprint density at radius 3 is 2.69 bits per heavy atom. The molecule has 2 aromatic rings. The molecule has 10 heteroatoms. The minimum atomic E-state index is -2.98. The summed E-state index contributed by atoms with van der Waals surface area (Å²) in [5.41, 5.74) is 4.75. The molecule has 2 unspecified atom stereocenters. The minimum Gasteiger partial charge on any atom is -0.308 e. The molecule has 2 aromatic heterocycles. The highest BCUT2D eigenvalue weighted by Gasteiger charge is 2.35. The summed E-state index contributed by atoms with van der Waals surface area (Å²) >= 11 is 1.55. The second-order valence-corrected chi connectivity index (χ2v) is 10.3. The number of fused-ring (bicyclic) bond motifs is 1. The first-order chi connectivity index (χ1) is 12.3. The van der Waals surface area contributed by atoms with Crippen LogP contribution >= 0.6 is 11.8 Å². The van der Waals surface area contributed by atoms with Gasteiger partial charge in [-0.3, -0.25) is 14.6 Å². The van der Waals surface area contributed by atoms with Gasteiger partial charge < -0.3 is 5.32 Å². The first-order valence-electron chi connectivity index (χ1n) is 8.49. The van der Waals surface area contributed by atoms with Crippen LogP contribution in [0, 0.1) is 20.8 Å². The number of hydrogen-bond acceptors (Lipinski definition) is 6. The molecule has 2 N–H and O–H groups in total. The van der Waals surface area contributed by atoms with E-state index in [1.54, 1.807) is 11.8 Å². The van der Waals surface area contributed by atoms with Gasteiger partial charge in [0.1, 0.15) is 0 Å². The lowest BCUT2D eigenvalue weighted by atomic mass is 10.0. The number of hydrogen-bond donors (Lipinski definition) is 2. The highest BCUT2D eigenvalue weighted by Crippen LogP contribution is 2.45. The fourth-order valence-electron chi connectivity index (χ4n) is 3.87. The van der Waals surface area contributed by atoms with E-state index < -0.39 is 9.84 Å². The van der Waals surface area contributed by atoms with Crippen molar-refractivity contribution in [3.63, 3.8) is 0 Å². The first kappa shape index (κ1) is 17.6. The van der Waals surface area contributed by atoms with Gasteiger partial charge in [0.2, 0.25) is 5.91 Å². The van der Waals surface area contributed by atoms with Crippen molar-refractivity contribution in [3.05, 3.63) is 28.2 Å². The van der Waals surface area contributed by atoms with Crippen LogP contribution in [0.3, 0.4) is 0 Å². The van der Waals surface area contributed by atoms with Crippen molar-refractivity contribution in [2.75, 3.05) is 22.6 Å². The Bertz CT molecular complexity index is 992. The predicted octanol–water partition coefficient (Wildman–Crippen LogP) is 1.67. The minimum absolute atomic E-state index is 0.0742. The third kappa shape index (κ3) is 2.84. The van der Waals surface area contributed by atoms with E-state index in [0.717, 1.165) is 28.2 Å². The number of aryl methyl sites for hydroxylation is 2. The Kier molecular flexibility index (Phi) is 4.14. The second kappa shape index (κ2) is 6.12. The summed E-state index contributed by atoms with van der Waals surface area (Å²) in [7, 11) is -2.98. The number of amides is 1. The van der Waals surface area contributed by atoms with Crippen LogP contribution in [0.4, 0.5) is 5.82 Å². The van der Waals surface area contributed by atoms with Crippen molar-refractivity contribution in [2.45, 2.75) is 38.5 Å².